The van der Waals surface area contributed by atoms with Gasteiger partial charge in [-0.25, -0.2) is 13.8 Å². The Hall–Kier alpha value is -2.89. The molecule has 0 aromatic heterocycles. The summed E-state index contributed by atoms with van der Waals surface area (Å²) < 4.78 is 26.4. The molecule has 0 unspecified atom stereocenters. The first kappa shape index (κ1) is 16.5. The Morgan fingerprint density at radius 1 is 0.913 bits per heavy atom. The average Bonchev–Trinajstić information content (AvgIpc) is 2.57. The van der Waals surface area contributed by atoms with E-state index in [1.165, 1.54) is 31.3 Å². The molecule has 23 heavy (non-hydrogen) atoms. The summed E-state index contributed by atoms with van der Waals surface area (Å²) in [6.07, 6.45) is 0. The predicted octanol–water partition coefficient (Wildman–Crippen LogP) is 4.64. The van der Waals surface area contributed by atoms with Crippen molar-refractivity contribution < 1.29 is 8.78 Å². The highest BCUT2D eigenvalue weighted by Gasteiger charge is 2.15. The molecular weight excluding hydrogens is 298 g/mol. The van der Waals surface area contributed by atoms with Crippen molar-refractivity contribution in [2.75, 3.05) is 7.05 Å². The lowest BCUT2D eigenvalue weighted by atomic mass is 9.93. The van der Waals surface area contributed by atoms with Crippen LogP contribution in [-0.4, -0.2) is 17.9 Å². The Labute approximate surface area is 133 Å². The second kappa shape index (κ2) is 6.91. The van der Waals surface area contributed by atoms with Crippen LogP contribution in [0.3, 0.4) is 0 Å². The fourth-order valence-electron chi connectivity index (χ4n) is 2.24. The van der Waals surface area contributed by atoms with Crippen LogP contribution in [0.4, 0.5) is 8.78 Å². The number of nitrogens with zero attached hydrogens (tertiary/aromatic N) is 2. The molecule has 0 spiro atoms. The SMILES string of the molecule is CC(C(=N)N(C)N=N)=C(c1ccc(F)cc1)c1ccc(F)cc1. The Bertz CT molecular complexity index is 702. The largest absolute Gasteiger partial charge is 0.283 e. The van der Waals surface area contributed by atoms with Gasteiger partial charge in [0.2, 0.25) is 0 Å². The molecule has 0 aliphatic heterocycles. The van der Waals surface area contributed by atoms with Crippen molar-refractivity contribution in [1.82, 2.24) is 5.01 Å². The van der Waals surface area contributed by atoms with E-state index in [0.29, 0.717) is 22.3 Å². The second-order valence-corrected chi connectivity index (χ2v) is 4.99. The minimum Gasteiger partial charge on any atom is -0.283 e. The number of likely N-dealkylation sites (N-methyl/N-ethyl adjacent to an activating group) is 1. The standard InChI is InChI=1S/C17H16F2N4/c1-11(17(20)23(2)22-21)16(12-3-7-14(18)8-4-12)13-5-9-15(19)10-6-13/h3-10,20-21H,1-2H3. The molecule has 0 amide bonds. The molecule has 2 aromatic rings. The van der Waals surface area contributed by atoms with Gasteiger partial charge in [0.25, 0.3) is 0 Å². The number of hydrogen-bond donors (Lipinski definition) is 2. The summed E-state index contributed by atoms with van der Waals surface area (Å²) in [6, 6.07) is 11.7. The number of halogens is 2. The predicted molar refractivity (Wildman–Crippen MR) is 85.1 cm³/mol. The van der Waals surface area contributed by atoms with E-state index in [0.717, 1.165) is 5.01 Å². The zero-order chi connectivity index (χ0) is 17.0. The van der Waals surface area contributed by atoms with E-state index in [4.69, 9.17) is 10.9 Å². The monoisotopic (exact) mass is 314 g/mol. The van der Waals surface area contributed by atoms with Gasteiger partial charge in [0, 0.05) is 12.6 Å². The first-order chi connectivity index (χ1) is 10.9. The number of hydrogen-bond acceptors (Lipinski definition) is 3. The topological polar surface area (TPSA) is 63.3 Å². The van der Waals surface area contributed by atoms with Gasteiger partial charge in [0.15, 0.2) is 0 Å². The Kier molecular flexibility index (Phi) is 4.95. The third-order valence-electron chi connectivity index (χ3n) is 3.47. The quantitative estimate of drug-likeness (QED) is 0.367. The summed E-state index contributed by atoms with van der Waals surface area (Å²) in [5.74, 6) is -0.694. The highest BCUT2D eigenvalue weighted by atomic mass is 19.1. The van der Waals surface area contributed by atoms with Gasteiger partial charge in [-0.3, -0.25) is 5.41 Å². The number of benzene rings is 2. The number of amidine groups is 1. The van der Waals surface area contributed by atoms with Gasteiger partial charge < -0.3 is 0 Å². The molecule has 2 aromatic carbocycles. The molecular formula is C17H16F2N4. The van der Waals surface area contributed by atoms with E-state index >= 15 is 0 Å². The van der Waals surface area contributed by atoms with E-state index < -0.39 is 0 Å². The average molecular weight is 314 g/mol. The first-order valence-corrected chi connectivity index (χ1v) is 6.87. The van der Waals surface area contributed by atoms with E-state index in [1.807, 2.05) is 0 Å². The zero-order valence-electron chi connectivity index (χ0n) is 12.8. The van der Waals surface area contributed by atoms with Crippen LogP contribution in [0, 0.1) is 22.6 Å². The van der Waals surface area contributed by atoms with E-state index in [9.17, 15) is 8.78 Å². The van der Waals surface area contributed by atoms with Gasteiger partial charge in [-0.05, 0) is 47.9 Å². The van der Waals surface area contributed by atoms with Crippen molar-refractivity contribution in [3.05, 3.63) is 76.9 Å². The van der Waals surface area contributed by atoms with E-state index in [-0.39, 0.29) is 17.5 Å². The lowest BCUT2D eigenvalue weighted by Crippen LogP contribution is -2.21. The van der Waals surface area contributed by atoms with Crippen LogP contribution in [-0.2, 0) is 0 Å². The van der Waals surface area contributed by atoms with Crippen molar-refractivity contribution in [1.29, 1.82) is 10.9 Å². The van der Waals surface area contributed by atoms with E-state index in [2.05, 4.69) is 5.22 Å². The molecule has 0 heterocycles. The maximum Gasteiger partial charge on any atom is 0.146 e. The summed E-state index contributed by atoms with van der Waals surface area (Å²) in [7, 11) is 1.49. The summed E-state index contributed by atoms with van der Waals surface area (Å²) in [5, 5.41) is 12.4. The van der Waals surface area contributed by atoms with Gasteiger partial charge in [0.05, 0.1) is 0 Å². The lowest BCUT2D eigenvalue weighted by Gasteiger charge is -2.18. The molecule has 0 radical (unpaired) electrons. The molecule has 0 atom stereocenters. The van der Waals surface area contributed by atoms with Gasteiger partial charge in [-0.1, -0.05) is 29.5 Å². The minimum absolute atomic E-state index is 0.0312. The van der Waals surface area contributed by atoms with Crippen LogP contribution < -0.4 is 0 Å². The molecule has 0 bridgehead atoms. The smallest absolute Gasteiger partial charge is 0.146 e. The van der Waals surface area contributed by atoms with Crippen LogP contribution in [0.2, 0.25) is 0 Å². The Balaban J connectivity index is 2.64. The fourth-order valence-corrected chi connectivity index (χ4v) is 2.24. The Morgan fingerprint density at radius 2 is 1.30 bits per heavy atom. The van der Waals surface area contributed by atoms with Crippen LogP contribution in [0.1, 0.15) is 18.1 Å². The van der Waals surface area contributed by atoms with Gasteiger partial charge in [0.1, 0.15) is 17.5 Å². The van der Waals surface area contributed by atoms with Crippen molar-refractivity contribution in [3.8, 4) is 0 Å². The zero-order valence-corrected chi connectivity index (χ0v) is 12.8. The summed E-state index contributed by atoms with van der Waals surface area (Å²) in [5.41, 5.74) is 9.61. The third-order valence-corrected chi connectivity index (χ3v) is 3.47. The minimum atomic E-state index is -0.363. The number of rotatable bonds is 4. The molecule has 0 saturated heterocycles. The highest BCUT2D eigenvalue weighted by molar-refractivity contribution is 6.05. The normalized spacial score (nSPS) is 10.1. The molecule has 6 heteroatoms. The molecule has 4 nitrogen and oxygen atoms in total. The summed E-state index contributed by atoms with van der Waals surface area (Å²) in [4.78, 5) is 0. The molecule has 0 aliphatic rings. The maximum absolute atomic E-state index is 13.2. The van der Waals surface area contributed by atoms with Crippen LogP contribution in [0.25, 0.3) is 5.57 Å². The lowest BCUT2D eigenvalue weighted by molar-refractivity contribution is 0.485. The number of nitrogens with one attached hydrogen (secondary N) is 2. The highest BCUT2D eigenvalue weighted by Crippen LogP contribution is 2.28. The molecule has 0 aliphatic carbocycles. The van der Waals surface area contributed by atoms with Crippen molar-refractivity contribution >= 4 is 11.4 Å². The molecule has 0 fully saturated rings. The van der Waals surface area contributed by atoms with Crippen molar-refractivity contribution in [3.63, 3.8) is 0 Å². The van der Waals surface area contributed by atoms with Crippen molar-refractivity contribution in [2.45, 2.75) is 6.92 Å². The van der Waals surface area contributed by atoms with E-state index in [1.54, 1.807) is 31.2 Å². The maximum atomic E-state index is 13.2. The van der Waals surface area contributed by atoms with Gasteiger partial charge >= 0.3 is 0 Å². The van der Waals surface area contributed by atoms with Crippen LogP contribution >= 0.6 is 0 Å². The van der Waals surface area contributed by atoms with Gasteiger partial charge in [-0.15, -0.1) is 0 Å². The second-order valence-electron chi connectivity index (χ2n) is 4.99. The third kappa shape index (κ3) is 3.66. The van der Waals surface area contributed by atoms with Crippen LogP contribution in [0.15, 0.2) is 59.3 Å². The molecule has 0 saturated carbocycles. The summed E-state index contributed by atoms with van der Waals surface area (Å²) >= 11 is 0. The molecule has 2 N–H and O–H groups in total. The summed E-state index contributed by atoms with van der Waals surface area (Å²) in [6.45, 7) is 1.71. The first-order valence-electron chi connectivity index (χ1n) is 6.87. The Morgan fingerprint density at radius 3 is 1.65 bits per heavy atom. The molecule has 118 valence electrons. The fraction of sp³-hybridized carbons (Fsp3) is 0.118. The van der Waals surface area contributed by atoms with Gasteiger partial charge in [-0.2, -0.15) is 5.53 Å². The van der Waals surface area contributed by atoms with Crippen molar-refractivity contribution in [2.24, 2.45) is 5.22 Å². The van der Waals surface area contributed by atoms with Crippen LogP contribution in [0.5, 0.6) is 0 Å². The molecule has 2 rings (SSSR count).